The Hall–Kier alpha value is -0.350. The monoisotopic (exact) mass is 273 g/mol. The van der Waals surface area contributed by atoms with Crippen molar-refractivity contribution in [1.82, 2.24) is 0 Å². The Morgan fingerprint density at radius 1 is 1.58 bits per heavy atom. The van der Waals surface area contributed by atoms with E-state index < -0.39 is 0 Å². The van der Waals surface area contributed by atoms with Crippen LogP contribution in [0.3, 0.4) is 0 Å². The number of rotatable bonds is 2. The number of benzene rings is 1. The first kappa shape index (κ1) is 9.74. The van der Waals surface area contributed by atoms with Crippen molar-refractivity contribution in [3.05, 3.63) is 45.6 Å². The quantitative estimate of drug-likeness (QED) is 0.650. The van der Waals surface area contributed by atoms with E-state index in [1.54, 1.807) is 6.08 Å². The molecule has 1 aromatic rings. The van der Waals surface area contributed by atoms with Gasteiger partial charge in [-0.1, -0.05) is 18.2 Å². The number of aryl methyl sites for hydroxylation is 1. The Morgan fingerprint density at radius 2 is 2.25 bits per heavy atom. The maximum absolute atomic E-state index is 5.79. The third-order valence-electron chi connectivity index (χ3n) is 1.83. The summed E-state index contributed by atoms with van der Waals surface area (Å²) >= 11 is 2.31. The lowest BCUT2D eigenvalue weighted by Gasteiger charge is -2.07. The Bertz CT molecular complexity index is 294. The molecule has 2 heteroatoms. The lowest BCUT2D eigenvalue weighted by molar-refractivity contribution is 0.912. The summed E-state index contributed by atoms with van der Waals surface area (Å²) < 4.78 is 1.25. The molecule has 0 spiro atoms. The smallest absolute Gasteiger partial charge is 0.0478 e. The van der Waals surface area contributed by atoms with E-state index in [1.165, 1.54) is 9.13 Å². The Labute approximate surface area is 86.8 Å². The van der Waals surface area contributed by atoms with Gasteiger partial charge in [0, 0.05) is 9.61 Å². The first-order valence-corrected chi connectivity index (χ1v) is 4.87. The predicted octanol–water partition coefficient (Wildman–Crippen LogP) is 2.79. The van der Waals surface area contributed by atoms with Crippen molar-refractivity contribution in [2.75, 3.05) is 0 Å². The van der Waals surface area contributed by atoms with Crippen LogP contribution in [0.5, 0.6) is 0 Å². The van der Waals surface area contributed by atoms with E-state index in [1.807, 2.05) is 6.07 Å². The lowest BCUT2D eigenvalue weighted by Crippen LogP contribution is -2.06. The van der Waals surface area contributed by atoms with Gasteiger partial charge in [0.25, 0.3) is 0 Å². The van der Waals surface area contributed by atoms with Gasteiger partial charge in [0.1, 0.15) is 0 Å². The van der Waals surface area contributed by atoms with Gasteiger partial charge in [0.05, 0.1) is 0 Å². The topological polar surface area (TPSA) is 26.0 Å². The summed E-state index contributed by atoms with van der Waals surface area (Å²) in [6.07, 6.45) is 1.75. The average Bonchev–Trinajstić information content (AvgIpc) is 2.08. The molecule has 0 heterocycles. The van der Waals surface area contributed by atoms with Gasteiger partial charge in [-0.25, -0.2) is 0 Å². The largest absolute Gasteiger partial charge is 0.321 e. The zero-order valence-corrected chi connectivity index (χ0v) is 9.21. The van der Waals surface area contributed by atoms with Crippen molar-refractivity contribution in [3.63, 3.8) is 0 Å². The molecule has 1 rings (SSSR count). The highest BCUT2D eigenvalue weighted by molar-refractivity contribution is 14.1. The van der Waals surface area contributed by atoms with Crippen LogP contribution in [-0.4, -0.2) is 0 Å². The molecule has 0 aliphatic heterocycles. The molecule has 0 aliphatic carbocycles. The van der Waals surface area contributed by atoms with Crippen molar-refractivity contribution in [3.8, 4) is 0 Å². The van der Waals surface area contributed by atoms with E-state index >= 15 is 0 Å². The van der Waals surface area contributed by atoms with Crippen molar-refractivity contribution < 1.29 is 0 Å². The number of nitrogens with two attached hydrogens (primary N) is 1. The molecule has 0 amide bonds. The van der Waals surface area contributed by atoms with E-state index in [9.17, 15) is 0 Å². The molecule has 0 fully saturated rings. The van der Waals surface area contributed by atoms with Crippen LogP contribution in [0.1, 0.15) is 17.2 Å². The SMILES string of the molecule is C=CC(N)c1ccc(C)c(I)c1. The molecule has 0 saturated carbocycles. The molecular formula is C10H12IN. The molecule has 1 nitrogen and oxygen atoms in total. The fraction of sp³-hybridized carbons (Fsp3) is 0.200. The number of hydrogen-bond donors (Lipinski definition) is 1. The number of halogens is 1. The Morgan fingerprint density at radius 3 is 2.75 bits per heavy atom. The van der Waals surface area contributed by atoms with Crippen LogP contribution in [0.2, 0.25) is 0 Å². The van der Waals surface area contributed by atoms with Crippen molar-refractivity contribution in [2.45, 2.75) is 13.0 Å². The highest BCUT2D eigenvalue weighted by Gasteiger charge is 2.02. The fourth-order valence-electron chi connectivity index (χ4n) is 0.953. The average molecular weight is 273 g/mol. The second kappa shape index (κ2) is 4.05. The Balaban J connectivity index is 3.04. The van der Waals surface area contributed by atoms with Gasteiger partial charge in [-0.3, -0.25) is 0 Å². The van der Waals surface area contributed by atoms with Gasteiger partial charge >= 0.3 is 0 Å². The summed E-state index contributed by atoms with van der Waals surface area (Å²) in [6, 6.07) is 6.19. The standard InChI is InChI=1S/C10H12IN/c1-3-10(12)8-5-4-7(2)9(11)6-8/h3-6,10H,1,12H2,2H3. The van der Waals surface area contributed by atoms with Gasteiger partial charge in [-0.2, -0.15) is 0 Å². The molecule has 1 aromatic carbocycles. The summed E-state index contributed by atoms with van der Waals surface area (Å²) in [4.78, 5) is 0. The van der Waals surface area contributed by atoms with Gasteiger partial charge in [0.15, 0.2) is 0 Å². The minimum Gasteiger partial charge on any atom is -0.321 e. The second-order valence-corrected chi connectivity index (χ2v) is 3.93. The van der Waals surface area contributed by atoms with E-state index in [0.29, 0.717) is 0 Å². The molecule has 0 aromatic heterocycles. The molecule has 64 valence electrons. The van der Waals surface area contributed by atoms with Crippen LogP contribution in [0.15, 0.2) is 30.9 Å². The minimum atomic E-state index is -0.0425. The van der Waals surface area contributed by atoms with E-state index in [2.05, 4.69) is 48.2 Å². The first-order valence-electron chi connectivity index (χ1n) is 3.79. The van der Waals surface area contributed by atoms with Gasteiger partial charge < -0.3 is 5.73 Å². The first-order chi connectivity index (χ1) is 5.65. The molecule has 12 heavy (non-hydrogen) atoms. The molecule has 0 radical (unpaired) electrons. The highest BCUT2D eigenvalue weighted by Crippen LogP contribution is 2.17. The maximum Gasteiger partial charge on any atom is 0.0478 e. The fourth-order valence-corrected chi connectivity index (χ4v) is 1.49. The van der Waals surface area contributed by atoms with Gasteiger partial charge in [-0.15, -0.1) is 6.58 Å². The summed E-state index contributed by atoms with van der Waals surface area (Å²) in [6.45, 7) is 5.75. The molecule has 1 unspecified atom stereocenters. The Kier molecular flexibility index (Phi) is 3.29. The van der Waals surface area contributed by atoms with Crippen LogP contribution >= 0.6 is 22.6 Å². The number of hydrogen-bond acceptors (Lipinski definition) is 1. The molecule has 0 bridgehead atoms. The van der Waals surface area contributed by atoms with Crippen LogP contribution in [0.25, 0.3) is 0 Å². The lowest BCUT2D eigenvalue weighted by atomic mass is 10.1. The maximum atomic E-state index is 5.79. The zero-order chi connectivity index (χ0) is 9.14. The normalized spacial score (nSPS) is 12.6. The van der Waals surface area contributed by atoms with Crippen LogP contribution in [-0.2, 0) is 0 Å². The minimum absolute atomic E-state index is 0.0425. The third-order valence-corrected chi connectivity index (χ3v) is 3.00. The molecule has 1 atom stereocenters. The molecule has 0 aliphatic rings. The van der Waals surface area contributed by atoms with Crippen molar-refractivity contribution >= 4 is 22.6 Å². The van der Waals surface area contributed by atoms with E-state index in [0.717, 1.165) is 5.56 Å². The molecule has 0 saturated heterocycles. The van der Waals surface area contributed by atoms with Crippen molar-refractivity contribution in [2.24, 2.45) is 5.73 Å². The molecular weight excluding hydrogens is 261 g/mol. The van der Waals surface area contributed by atoms with Gasteiger partial charge in [0.2, 0.25) is 0 Å². The summed E-state index contributed by atoms with van der Waals surface area (Å²) in [5.41, 5.74) is 8.20. The van der Waals surface area contributed by atoms with Crippen molar-refractivity contribution in [1.29, 1.82) is 0 Å². The highest BCUT2D eigenvalue weighted by atomic mass is 127. The van der Waals surface area contributed by atoms with Crippen LogP contribution in [0.4, 0.5) is 0 Å². The second-order valence-electron chi connectivity index (χ2n) is 2.77. The van der Waals surface area contributed by atoms with Crippen LogP contribution in [0, 0.1) is 10.5 Å². The van der Waals surface area contributed by atoms with Gasteiger partial charge in [-0.05, 0) is 46.7 Å². The van der Waals surface area contributed by atoms with Crippen LogP contribution < -0.4 is 5.73 Å². The molecule has 2 N–H and O–H groups in total. The van der Waals surface area contributed by atoms with E-state index in [-0.39, 0.29) is 6.04 Å². The summed E-state index contributed by atoms with van der Waals surface area (Å²) in [7, 11) is 0. The summed E-state index contributed by atoms with van der Waals surface area (Å²) in [5.74, 6) is 0. The predicted molar refractivity (Wildman–Crippen MR) is 61.0 cm³/mol. The van der Waals surface area contributed by atoms with E-state index in [4.69, 9.17) is 5.73 Å². The summed E-state index contributed by atoms with van der Waals surface area (Å²) in [5, 5.41) is 0. The zero-order valence-electron chi connectivity index (χ0n) is 7.05. The third kappa shape index (κ3) is 2.08.